The first-order chi connectivity index (χ1) is 11.3. The van der Waals surface area contributed by atoms with Gasteiger partial charge in [0, 0.05) is 29.4 Å². The fraction of sp³-hybridized carbons (Fsp3) is 0.278. The van der Waals surface area contributed by atoms with E-state index >= 15 is 0 Å². The Kier molecular flexibility index (Phi) is 5.28. The maximum absolute atomic E-state index is 11.9. The summed E-state index contributed by atoms with van der Waals surface area (Å²) >= 11 is 6.02. The van der Waals surface area contributed by atoms with E-state index < -0.39 is 0 Å². The van der Waals surface area contributed by atoms with Crippen LogP contribution in [0.15, 0.2) is 41.7 Å². The second-order valence-electron chi connectivity index (χ2n) is 6.39. The Balaban J connectivity index is 2.28. The van der Waals surface area contributed by atoms with Crippen molar-refractivity contribution in [2.45, 2.75) is 26.7 Å². The highest BCUT2D eigenvalue weighted by molar-refractivity contribution is 6.31. The molecule has 2 rings (SSSR count). The summed E-state index contributed by atoms with van der Waals surface area (Å²) in [5.74, 6) is 0.0911. The van der Waals surface area contributed by atoms with Crippen LogP contribution in [0.1, 0.15) is 26.7 Å². The average molecular weight is 341 g/mol. The van der Waals surface area contributed by atoms with Crippen LogP contribution in [0.25, 0.3) is 0 Å². The molecule has 0 bridgehead atoms. The van der Waals surface area contributed by atoms with Crippen LogP contribution < -0.4 is 10.6 Å². The first-order valence-corrected chi connectivity index (χ1v) is 7.78. The van der Waals surface area contributed by atoms with Crippen molar-refractivity contribution in [3.05, 3.63) is 46.8 Å². The Morgan fingerprint density at radius 2 is 1.96 bits per heavy atom. The fourth-order valence-electron chi connectivity index (χ4n) is 2.58. The number of hydrogen-bond donors (Lipinski definition) is 2. The maximum Gasteiger partial charge on any atom is 0.157 e. The number of nitrogens with zero attached hydrogens (tertiary/aromatic N) is 2. The molecule has 0 amide bonds. The lowest BCUT2D eigenvalue weighted by Crippen LogP contribution is -2.24. The molecule has 1 aliphatic carbocycles. The zero-order valence-electron chi connectivity index (χ0n) is 13.5. The Morgan fingerprint density at radius 1 is 1.25 bits per heavy atom. The topological polar surface area (TPSA) is 88.7 Å². The monoisotopic (exact) mass is 340 g/mol. The Labute approximate surface area is 146 Å². The summed E-state index contributed by atoms with van der Waals surface area (Å²) in [6, 6.07) is 8.76. The van der Waals surface area contributed by atoms with Crippen molar-refractivity contribution < 1.29 is 4.79 Å². The van der Waals surface area contributed by atoms with Gasteiger partial charge in [-0.25, -0.2) is 0 Å². The predicted molar refractivity (Wildman–Crippen MR) is 94.1 cm³/mol. The van der Waals surface area contributed by atoms with Crippen LogP contribution in [0.4, 0.5) is 11.4 Å². The molecule has 0 heterocycles. The molecule has 1 aromatic rings. The number of hydrogen-bond acceptors (Lipinski definition) is 5. The van der Waals surface area contributed by atoms with Gasteiger partial charge in [-0.3, -0.25) is 4.79 Å². The molecule has 1 aromatic carbocycles. The Hall–Kier alpha value is -2.76. The third kappa shape index (κ3) is 4.62. The van der Waals surface area contributed by atoms with E-state index in [0.29, 0.717) is 22.8 Å². The summed E-state index contributed by atoms with van der Waals surface area (Å²) in [6.45, 7) is 4.10. The van der Waals surface area contributed by atoms with E-state index in [0.717, 1.165) is 12.1 Å². The summed E-state index contributed by atoms with van der Waals surface area (Å²) in [4.78, 5) is 11.9. The minimum atomic E-state index is -0.0944. The van der Waals surface area contributed by atoms with Gasteiger partial charge in [0.1, 0.15) is 17.7 Å². The van der Waals surface area contributed by atoms with E-state index in [1.165, 1.54) is 6.20 Å². The quantitative estimate of drug-likeness (QED) is 0.794. The number of benzene rings is 1. The number of carbonyl (C=O) groups excluding carboxylic acids is 1. The second-order valence-corrected chi connectivity index (χ2v) is 6.83. The van der Waals surface area contributed by atoms with Gasteiger partial charge in [0.05, 0.1) is 11.4 Å². The van der Waals surface area contributed by atoms with Crippen molar-refractivity contribution in [1.82, 2.24) is 0 Å². The standard InChI is InChI=1S/C18H17ClN4O/c1-18(2)7-14(6-15(24)8-18)23-16-4-3-13(19)5-17(16)22-11-12(9-20)10-21/h3-6,11,22-23H,7-8H2,1-2H3. The number of ketones is 1. The molecule has 0 radical (unpaired) electrons. The fourth-order valence-corrected chi connectivity index (χ4v) is 2.76. The van der Waals surface area contributed by atoms with Gasteiger partial charge in [0.15, 0.2) is 5.78 Å². The van der Waals surface area contributed by atoms with E-state index in [2.05, 4.69) is 24.5 Å². The van der Waals surface area contributed by atoms with Gasteiger partial charge in [-0.2, -0.15) is 10.5 Å². The summed E-state index contributed by atoms with van der Waals surface area (Å²) in [7, 11) is 0. The lowest BCUT2D eigenvalue weighted by atomic mass is 9.79. The summed E-state index contributed by atoms with van der Waals surface area (Å²) < 4.78 is 0. The number of carbonyl (C=O) groups is 1. The van der Waals surface area contributed by atoms with Gasteiger partial charge in [-0.1, -0.05) is 25.4 Å². The normalized spacial score (nSPS) is 15.5. The third-order valence-electron chi connectivity index (χ3n) is 3.55. The van der Waals surface area contributed by atoms with Gasteiger partial charge in [0.25, 0.3) is 0 Å². The van der Waals surface area contributed by atoms with Crippen LogP contribution in [-0.2, 0) is 4.79 Å². The third-order valence-corrected chi connectivity index (χ3v) is 3.78. The van der Waals surface area contributed by atoms with Crippen LogP contribution in [0.3, 0.4) is 0 Å². The van der Waals surface area contributed by atoms with E-state index in [-0.39, 0.29) is 16.8 Å². The number of rotatable bonds is 4. The summed E-state index contributed by atoms with van der Waals surface area (Å²) in [6.07, 6.45) is 4.22. The molecule has 0 spiro atoms. The molecular formula is C18H17ClN4O. The van der Waals surface area contributed by atoms with Crippen LogP contribution in [0.2, 0.25) is 5.02 Å². The van der Waals surface area contributed by atoms with Crippen molar-refractivity contribution in [3.63, 3.8) is 0 Å². The molecular weight excluding hydrogens is 324 g/mol. The van der Waals surface area contributed by atoms with Crippen molar-refractivity contribution in [1.29, 1.82) is 10.5 Å². The molecule has 6 heteroatoms. The average Bonchev–Trinajstić information content (AvgIpc) is 2.48. The number of halogens is 1. The molecule has 1 aliphatic rings. The minimum Gasteiger partial charge on any atom is -0.358 e. The zero-order valence-corrected chi connectivity index (χ0v) is 14.2. The van der Waals surface area contributed by atoms with E-state index in [9.17, 15) is 4.79 Å². The van der Waals surface area contributed by atoms with Crippen LogP contribution in [-0.4, -0.2) is 5.78 Å². The minimum absolute atomic E-state index is 0.0471. The Morgan fingerprint density at radius 3 is 2.58 bits per heavy atom. The van der Waals surface area contributed by atoms with E-state index in [4.69, 9.17) is 22.1 Å². The lowest BCUT2D eigenvalue weighted by molar-refractivity contribution is -0.117. The zero-order chi connectivity index (χ0) is 17.7. The molecule has 0 saturated heterocycles. The predicted octanol–water partition coefficient (Wildman–Crippen LogP) is 4.37. The molecule has 0 fully saturated rings. The molecule has 0 atom stereocenters. The first-order valence-electron chi connectivity index (χ1n) is 7.40. The Bertz CT molecular complexity index is 793. The molecule has 24 heavy (non-hydrogen) atoms. The van der Waals surface area contributed by atoms with Gasteiger partial charge in [-0.15, -0.1) is 0 Å². The largest absolute Gasteiger partial charge is 0.358 e. The van der Waals surface area contributed by atoms with Crippen LogP contribution >= 0.6 is 11.6 Å². The van der Waals surface area contributed by atoms with Gasteiger partial charge in [-0.05, 0) is 30.0 Å². The van der Waals surface area contributed by atoms with E-state index in [1.807, 2.05) is 0 Å². The highest BCUT2D eigenvalue weighted by atomic mass is 35.5. The van der Waals surface area contributed by atoms with Crippen molar-refractivity contribution >= 4 is 28.8 Å². The van der Waals surface area contributed by atoms with Gasteiger partial charge in [0.2, 0.25) is 0 Å². The molecule has 122 valence electrons. The molecule has 0 aromatic heterocycles. The van der Waals surface area contributed by atoms with E-state index in [1.54, 1.807) is 36.4 Å². The van der Waals surface area contributed by atoms with Crippen molar-refractivity contribution in [2.75, 3.05) is 10.6 Å². The molecule has 5 nitrogen and oxygen atoms in total. The summed E-state index contributed by atoms with van der Waals surface area (Å²) in [5, 5.41) is 24.3. The summed E-state index contributed by atoms with van der Waals surface area (Å²) in [5.41, 5.74) is 2.01. The first kappa shape index (κ1) is 17.6. The van der Waals surface area contributed by atoms with Crippen LogP contribution in [0, 0.1) is 28.1 Å². The number of anilines is 2. The highest BCUT2D eigenvalue weighted by Gasteiger charge is 2.27. The maximum atomic E-state index is 11.9. The molecule has 0 unspecified atom stereocenters. The highest BCUT2D eigenvalue weighted by Crippen LogP contribution is 2.35. The van der Waals surface area contributed by atoms with Crippen molar-refractivity contribution in [3.8, 4) is 12.1 Å². The van der Waals surface area contributed by atoms with Crippen LogP contribution in [0.5, 0.6) is 0 Å². The molecule has 0 aliphatic heterocycles. The van der Waals surface area contributed by atoms with Gasteiger partial charge < -0.3 is 10.6 Å². The lowest BCUT2D eigenvalue weighted by Gasteiger charge is -2.29. The van der Waals surface area contributed by atoms with Crippen molar-refractivity contribution in [2.24, 2.45) is 5.41 Å². The number of allylic oxidation sites excluding steroid dienone is 3. The number of nitrogens with one attached hydrogen (secondary N) is 2. The molecule has 2 N–H and O–H groups in total. The van der Waals surface area contributed by atoms with Gasteiger partial charge >= 0.3 is 0 Å². The smallest absolute Gasteiger partial charge is 0.157 e. The molecule has 0 saturated carbocycles. The second kappa shape index (κ2) is 7.21. The number of nitriles is 2. The SMILES string of the molecule is CC1(C)CC(=O)C=C(Nc2ccc(Cl)cc2NC=C(C#N)C#N)C1.